The summed E-state index contributed by atoms with van der Waals surface area (Å²) in [7, 11) is 1.71. The van der Waals surface area contributed by atoms with E-state index in [0.29, 0.717) is 23.5 Å². The number of hydrogen-bond acceptors (Lipinski definition) is 4. The standard InChI is InChI=1S/C33H36N4O3/c1-23-10-3-4-12-26(23)31-30-13-5-6-18-36(30)33(39)37(32(31)38)19-8-7-16-35-17-9-11-24(22-35)28-21-34-29-15-14-25(40-2)20-27(28)29/h3-6,10,12-15,18,20-21,24,34H,7-9,11,16-17,19,22H2,1-2H3. The van der Waals surface area contributed by atoms with Crippen molar-refractivity contribution in [2.75, 3.05) is 26.7 Å². The molecule has 4 heterocycles. The fraction of sp³-hybridized carbons (Fsp3) is 0.333. The van der Waals surface area contributed by atoms with Crippen molar-refractivity contribution in [3.8, 4) is 16.9 Å². The molecule has 206 valence electrons. The van der Waals surface area contributed by atoms with Crippen molar-refractivity contribution < 1.29 is 4.74 Å². The molecule has 1 aliphatic rings. The van der Waals surface area contributed by atoms with Crippen molar-refractivity contribution in [2.45, 2.75) is 45.1 Å². The van der Waals surface area contributed by atoms with E-state index >= 15 is 0 Å². The van der Waals surface area contributed by atoms with Crippen molar-refractivity contribution in [3.05, 3.63) is 105 Å². The summed E-state index contributed by atoms with van der Waals surface area (Å²) in [5.74, 6) is 1.35. The highest BCUT2D eigenvalue weighted by Crippen LogP contribution is 2.34. The summed E-state index contributed by atoms with van der Waals surface area (Å²) in [5.41, 5.74) is 5.15. The van der Waals surface area contributed by atoms with Gasteiger partial charge in [-0.05, 0) is 98.6 Å². The number of fused-ring (bicyclic) bond motifs is 2. The molecule has 40 heavy (non-hydrogen) atoms. The highest BCUT2D eigenvalue weighted by Gasteiger charge is 2.24. The molecule has 0 amide bonds. The van der Waals surface area contributed by atoms with Gasteiger partial charge < -0.3 is 14.6 Å². The summed E-state index contributed by atoms with van der Waals surface area (Å²) in [6.07, 6.45) is 7.94. The number of piperidine rings is 1. The van der Waals surface area contributed by atoms with Gasteiger partial charge in [0.15, 0.2) is 0 Å². The fourth-order valence-electron chi connectivity index (χ4n) is 6.28. The smallest absolute Gasteiger partial charge is 0.335 e. The number of pyridine rings is 1. The third kappa shape index (κ3) is 4.86. The van der Waals surface area contributed by atoms with E-state index < -0.39 is 0 Å². The number of aromatic nitrogens is 3. The lowest BCUT2D eigenvalue weighted by Crippen LogP contribution is -2.39. The second-order valence-electron chi connectivity index (χ2n) is 10.9. The fourth-order valence-corrected chi connectivity index (χ4v) is 6.28. The van der Waals surface area contributed by atoms with Gasteiger partial charge in [0, 0.05) is 36.4 Å². The Hall–Kier alpha value is -4.10. The number of ether oxygens (including phenoxy) is 1. The predicted molar refractivity (Wildman–Crippen MR) is 161 cm³/mol. The van der Waals surface area contributed by atoms with Crippen LogP contribution in [0.3, 0.4) is 0 Å². The highest BCUT2D eigenvalue weighted by molar-refractivity contribution is 5.85. The molecule has 1 saturated heterocycles. The van der Waals surface area contributed by atoms with Crippen LogP contribution in [0.4, 0.5) is 0 Å². The molecule has 0 aliphatic carbocycles. The van der Waals surface area contributed by atoms with Gasteiger partial charge in [0.05, 0.1) is 18.2 Å². The van der Waals surface area contributed by atoms with Crippen molar-refractivity contribution >= 4 is 16.4 Å². The van der Waals surface area contributed by atoms with Crippen molar-refractivity contribution in [2.24, 2.45) is 0 Å². The van der Waals surface area contributed by atoms with Crippen LogP contribution in [0.5, 0.6) is 5.75 Å². The first-order chi connectivity index (χ1) is 19.5. The summed E-state index contributed by atoms with van der Waals surface area (Å²) < 4.78 is 8.49. The largest absolute Gasteiger partial charge is 0.497 e. The van der Waals surface area contributed by atoms with Crippen molar-refractivity contribution in [3.63, 3.8) is 0 Å². The third-order valence-electron chi connectivity index (χ3n) is 8.40. The van der Waals surface area contributed by atoms with Gasteiger partial charge in [0.25, 0.3) is 5.56 Å². The zero-order valence-electron chi connectivity index (χ0n) is 23.2. The monoisotopic (exact) mass is 536 g/mol. The molecule has 2 aromatic carbocycles. The van der Waals surface area contributed by atoms with Gasteiger partial charge in [0.2, 0.25) is 0 Å². The number of benzene rings is 2. The number of hydrogen-bond donors (Lipinski definition) is 1. The van der Waals surface area contributed by atoms with Crippen LogP contribution >= 0.6 is 0 Å². The van der Waals surface area contributed by atoms with E-state index in [0.717, 1.165) is 61.3 Å². The minimum absolute atomic E-state index is 0.210. The topological polar surface area (TPSA) is 71.7 Å². The number of nitrogens with zero attached hydrogens (tertiary/aromatic N) is 3. The second-order valence-corrected chi connectivity index (χ2v) is 10.9. The Morgan fingerprint density at radius 3 is 2.67 bits per heavy atom. The Morgan fingerprint density at radius 2 is 1.82 bits per heavy atom. The van der Waals surface area contributed by atoms with Gasteiger partial charge in [-0.2, -0.15) is 0 Å². The summed E-state index contributed by atoms with van der Waals surface area (Å²) >= 11 is 0. The SMILES string of the molecule is COc1ccc2[nH]cc(C3CCCN(CCCCn4c(=O)c(-c5ccccc5C)c5ccccn5c4=O)C3)c2c1. The van der Waals surface area contributed by atoms with Gasteiger partial charge >= 0.3 is 5.69 Å². The number of methoxy groups -OCH3 is 1. The first-order valence-electron chi connectivity index (χ1n) is 14.2. The van der Waals surface area contributed by atoms with Gasteiger partial charge in [0.1, 0.15) is 5.75 Å². The normalized spacial score (nSPS) is 16.1. The molecule has 7 nitrogen and oxygen atoms in total. The van der Waals surface area contributed by atoms with Crippen LogP contribution in [0.2, 0.25) is 0 Å². The van der Waals surface area contributed by atoms with Crippen LogP contribution < -0.4 is 16.0 Å². The van der Waals surface area contributed by atoms with Crippen LogP contribution in [0.1, 0.15) is 42.7 Å². The number of aryl methyl sites for hydroxylation is 1. The number of unbranched alkanes of at least 4 members (excludes halogenated alkanes) is 1. The first-order valence-corrected chi connectivity index (χ1v) is 14.2. The molecule has 1 unspecified atom stereocenters. The summed E-state index contributed by atoms with van der Waals surface area (Å²) in [5, 5.41) is 1.24. The zero-order valence-corrected chi connectivity index (χ0v) is 23.2. The van der Waals surface area contributed by atoms with Crippen LogP contribution in [-0.4, -0.2) is 45.6 Å². The summed E-state index contributed by atoms with van der Waals surface area (Å²) in [6.45, 7) is 5.46. The molecule has 7 heteroatoms. The van der Waals surface area contributed by atoms with E-state index in [4.69, 9.17) is 4.74 Å². The summed E-state index contributed by atoms with van der Waals surface area (Å²) in [4.78, 5) is 33.0. The van der Waals surface area contributed by atoms with Crippen LogP contribution in [0.25, 0.3) is 27.5 Å². The number of aromatic amines is 1. The van der Waals surface area contributed by atoms with E-state index in [1.165, 1.54) is 21.9 Å². The van der Waals surface area contributed by atoms with Gasteiger partial charge in [-0.25, -0.2) is 4.79 Å². The number of H-pyrrole nitrogens is 1. The predicted octanol–water partition coefficient (Wildman–Crippen LogP) is 5.59. The lowest BCUT2D eigenvalue weighted by atomic mass is 9.90. The highest BCUT2D eigenvalue weighted by atomic mass is 16.5. The molecule has 1 aliphatic heterocycles. The first kappa shape index (κ1) is 26.1. The molecule has 1 atom stereocenters. The van der Waals surface area contributed by atoms with E-state index in [2.05, 4.69) is 28.2 Å². The van der Waals surface area contributed by atoms with E-state index in [9.17, 15) is 9.59 Å². The average Bonchev–Trinajstić information content (AvgIpc) is 3.41. The van der Waals surface area contributed by atoms with E-state index in [-0.39, 0.29) is 11.2 Å². The van der Waals surface area contributed by atoms with Gasteiger partial charge in [-0.3, -0.25) is 13.8 Å². The van der Waals surface area contributed by atoms with Crippen LogP contribution in [0, 0.1) is 6.92 Å². The van der Waals surface area contributed by atoms with Crippen LogP contribution in [-0.2, 0) is 6.54 Å². The lowest BCUT2D eigenvalue weighted by molar-refractivity contribution is 0.204. The molecule has 1 fully saturated rings. The Morgan fingerprint density at radius 1 is 1.00 bits per heavy atom. The van der Waals surface area contributed by atoms with Gasteiger partial charge in [-0.1, -0.05) is 30.3 Å². The quantitative estimate of drug-likeness (QED) is 0.263. The number of likely N-dealkylation sites (tertiary alicyclic amines) is 1. The molecule has 6 rings (SSSR count). The summed E-state index contributed by atoms with van der Waals surface area (Å²) in [6, 6.07) is 19.6. The van der Waals surface area contributed by atoms with Gasteiger partial charge in [-0.15, -0.1) is 0 Å². The molecule has 0 spiro atoms. The minimum Gasteiger partial charge on any atom is -0.497 e. The molecule has 5 aromatic rings. The van der Waals surface area contributed by atoms with Crippen molar-refractivity contribution in [1.82, 2.24) is 18.9 Å². The maximum atomic E-state index is 13.7. The molecular formula is C33H36N4O3. The Balaban J connectivity index is 1.17. The Kier molecular flexibility index (Phi) is 7.30. The number of rotatable bonds is 8. The third-order valence-corrected chi connectivity index (χ3v) is 8.40. The van der Waals surface area contributed by atoms with E-state index in [1.54, 1.807) is 17.7 Å². The minimum atomic E-state index is -0.272. The molecule has 0 saturated carbocycles. The van der Waals surface area contributed by atoms with Crippen LogP contribution in [0.15, 0.2) is 82.6 Å². The Bertz CT molecular complexity index is 1780. The maximum absolute atomic E-state index is 13.7. The average molecular weight is 537 g/mol. The van der Waals surface area contributed by atoms with Crippen molar-refractivity contribution in [1.29, 1.82) is 0 Å². The molecule has 3 aromatic heterocycles. The molecule has 1 N–H and O–H groups in total. The zero-order chi connectivity index (χ0) is 27.6. The Labute approximate surface area is 233 Å². The lowest BCUT2D eigenvalue weighted by Gasteiger charge is -2.32. The molecule has 0 radical (unpaired) electrons. The van der Waals surface area contributed by atoms with E-state index in [1.807, 2.05) is 55.5 Å². The maximum Gasteiger partial charge on any atom is 0.335 e. The molecule has 0 bridgehead atoms. The second kappa shape index (κ2) is 11.2. The molecular weight excluding hydrogens is 500 g/mol. The number of nitrogens with one attached hydrogen (secondary N) is 1.